The van der Waals surface area contributed by atoms with Gasteiger partial charge in [-0.1, -0.05) is 47.0 Å². The first-order valence-corrected chi connectivity index (χ1v) is 5.13. The van der Waals surface area contributed by atoms with Crippen LogP contribution in [-0.4, -0.2) is 28.8 Å². The van der Waals surface area contributed by atoms with E-state index in [0.29, 0.717) is 5.78 Å². The Bertz CT molecular complexity index is 141. The normalized spacial score (nSPS) is 12.4. The number of hydrogen-bond donors (Lipinski definition) is 0. The van der Waals surface area contributed by atoms with E-state index in [9.17, 15) is 4.79 Å². The Hall–Kier alpha value is 0.436. The van der Waals surface area contributed by atoms with Crippen molar-refractivity contribution in [3.8, 4) is 0 Å². The Morgan fingerprint density at radius 1 is 1.23 bits per heavy atom. The van der Waals surface area contributed by atoms with Crippen molar-refractivity contribution in [1.29, 1.82) is 0 Å². The third kappa shape index (κ3) is 7.50. The molecule has 0 aliphatic rings. The molecule has 0 bridgehead atoms. The van der Waals surface area contributed by atoms with Gasteiger partial charge in [-0.25, -0.2) is 0 Å². The molecular formula is C11H24MgO. The van der Waals surface area contributed by atoms with Gasteiger partial charge in [0.2, 0.25) is 0 Å². The van der Waals surface area contributed by atoms with Crippen molar-refractivity contribution in [2.75, 3.05) is 0 Å². The van der Waals surface area contributed by atoms with Gasteiger partial charge >= 0.3 is 23.1 Å². The van der Waals surface area contributed by atoms with Gasteiger partial charge in [-0.3, -0.25) is 4.79 Å². The summed E-state index contributed by atoms with van der Waals surface area (Å²) in [5, 5.41) is 0. The third-order valence-electron chi connectivity index (χ3n) is 2.30. The predicted octanol–water partition coefficient (Wildman–Crippen LogP) is 3.27. The molecule has 0 aliphatic carbocycles. The van der Waals surface area contributed by atoms with E-state index in [-0.39, 0.29) is 37.7 Å². The van der Waals surface area contributed by atoms with Crippen molar-refractivity contribution in [3.05, 3.63) is 0 Å². The molecule has 0 N–H and O–H groups in total. The maximum Gasteiger partial charge on any atom is 2.00 e. The van der Waals surface area contributed by atoms with Crippen molar-refractivity contribution < 1.29 is 7.65 Å². The van der Waals surface area contributed by atoms with Gasteiger partial charge in [-0.05, 0) is 6.42 Å². The Morgan fingerprint density at radius 3 is 2.15 bits per heavy atom. The Labute approximate surface area is 102 Å². The molecule has 0 fully saturated rings. The fraction of sp³-hybridized carbons (Fsp3) is 0.909. The monoisotopic (exact) mass is 196 g/mol. The van der Waals surface area contributed by atoms with Crippen LogP contribution in [0.5, 0.6) is 0 Å². The zero-order chi connectivity index (χ0) is 9.56. The van der Waals surface area contributed by atoms with Gasteiger partial charge in [0.25, 0.3) is 0 Å². The van der Waals surface area contributed by atoms with Crippen LogP contribution in [0.25, 0.3) is 0 Å². The minimum atomic E-state index is 0. The average Bonchev–Trinajstić information content (AvgIpc) is 2.03. The van der Waals surface area contributed by atoms with Crippen LogP contribution in [0.3, 0.4) is 0 Å². The number of rotatable bonds is 6. The topological polar surface area (TPSA) is 17.1 Å². The molecule has 0 saturated heterocycles. The largest absolute Gasteiger partial charge is 2.00 e. The van der Waals surface area contributed by atoms with Gasteiger partial charge < -0.3 is 2.85 Å². The second-order valence-electron chi connectivity index (χ2n) is 3.95. The molecule has 2 heteroatoms. The first-order chi connectivity index (χ1) is 5.59. The van der Waals surface area contributed by atoms with Crippen LogP contribution in [0.1, 0.15) is 56.2 Å². The first kappa shape index (κ1) is 15.9. The van der Waals surface area contributed by atoms with Crippen molar-refractivity contribution in [2.24, 2.45) is 11.8 Å². The maximum atomic E-state index is 11.4. The average molecular weight is 197 g/mol. The molecule has 0 spiro atoms. The quantitative estimate of drug-likeness (QED) is 0.471. The Balaban J connectivity index is -0.000000202. The maximum absolute atomic E-state index is 11.4. The molecule has 76 valence electrons. The first-order valence-electron chi connectivity index (χ1n) is 5.13. The van der Waals surface area contributed by atoms with E-state index in [1.807, 2.05) is 13.8 Å². The van der Waals surface area contributed by atoms with Crippen molar-refractivity contribution in [2.45, 2.75) is 53.4 Å². The molecule has 0 heterocycles. The minimum absolute atomic E-state index is 0. The summed E-state index contributed by atoms with van der Waals surface area (Å²) in [5.74, 6) is 0.907. The molecule has 1 atom stereocenters. The number of unbranched alkanes of at least 4 members (excludes halogenated alkanes) is 2. The summed E-state index contributed by atoms with van der Waals surface area (Å²) in [6.45, 7) is 8.21. The molecule has 1 unspecified atom stereocenters. The summed E-state index contributed by atoms with van der Waals surface area (Å²) in [6.07, 6.45) is 4.78. The molecule has 0 radical (unpaired) electrons. The zero-order valence-electron chi connectivity index (χ0n) is 11.6. The van der Waals surface area contributed by atoms with Crippen LogP contribution in [0.4, 0.5) is 0 Å². The second kappa shape index (κ2) is 9.01. The standard InChI is InChI=1S/C11H22O.Mg.2H/c1-5-6-7-8-10(4)11(12)9(2)3;;;/h9-10H,5-8H2,1-4H3;;;/q;+2;2*-1. The minimum Gasteiger partial charge on any atom is -1.00 e. The molecule has 0 aromatic rings. The van der Waals surface area contributed by atoms with E-state index in [4.69, 9.17) is 0 Å². The van der Waals surface area contributed by atoms with Crippen LogP contribution >= 0.6 is 0 Å². The number of carbonyl (C=O) groups excluding carboxylic acids is 1. The van der Waals surface area contributed by atoms with E-state index < -0.39 is 0 Å². The summed E-state index contributed by atoms with van der Waals surface area (Å²) in [6, 6.07) is 0. The van der Waals surface area contributed by atoms with E-state index in [1.54, 1.807) is 0 Å². The van der Waals surface area contributed by atoms with E-state index in [0.717, 1.165) is 6.42 Å². The molecule has 0 aromatic carbocycles. The van der Waals surface area contributed by atoms with Crippen LogP contribution in [0.15, 0.2) is 0 Å². The van der Waals surface area contributed by atoms with Gasteiger partial charge in [0.1, 0.15) is 5.78 Å². The molecule has 0 rings (SSSR count). The van der Waals surface area contributed by atoms with Crippen LogP contribution in [-0.2, 0) is 4.79 Å². The summed E-state index contributed by atoms with van der Waals surface area (Å²) in [7, 11) is 0. The molecule has 0 aromatic heterocycles. The van der Waals surface area contributed by atoms with Gasteiger partial charge in [0, 0.05) is 11.8 Å². The fourth-order valence-electron chi connectivity index (χ4n) is 1.41. The summed E-state index contributed by atoms with van der Waals surface area (Å²) >= 11 is 0. The number of hydrogen-bond acceptors (Lipinski definition) is 1. The molecule has 1 nitrogen and oxygen atoms in total. The van der Waals surface area contributed by atoms with Crippen molar-refractivity contribution >= 4 is 28.8 Å². The molecule has 0 saturated carbocycles. The van der Waals surface area contributed by atoms with Crippen molar-refractivity contribution in [3.63, 3.8) is 0 Å². The third-order valence-corrected chi connectivity index (χ3v) is 2.30. The number of Topliss-reactive ketones (excluding diaryl/α,β-unsaturated/α-hetero) is 1. The second-order valence-corrected chi connectivity index (χ2v) is 3.95. The van der Waals surface area contributed by atoms with Crippen LogP contribution in [0, 0.1) is 11.8 Å². The van der Waals surface area contributed by atoms with Crippen molar-refractivity contribution in [1.82, 2.24) is 0 Å². The van der Waals surface area contributed by atoms with E-state index >= 15 is 0 Å². The van der Waals surface area contributed by atoms with Crippen LogP contribution < -0.4 is 0 Å². The zero-order valence-corrected chi connectivity index (χ0v) is 11.0. The fourth-order valence-corrected chi connectivity index (χ4v) is 1.41. The number of carbonyl (C=O) groups is 1. The summed E-state index contributed by atoms with van der Waals surface area (Å²) in [5.41, 5.74) is 0. The summed E-state index contributed by atoms with van der Waals surface area (Å²) < 4.78 is 0. The van der Waals surface area contributed by atoms with E-state index in [1.165, 1.54) is 19.3 Å². The van der Waals surface area contributed by atoms with Gasteiger partial charge in [-0.15, -0.1) is 0 Å². The molecule has 13 heavy (non-hydrogen) atoms. The predicted molar refractivity (Wildman–Crippen MR) is 61.1 cm³/mol. The molecular weight excluding hydrogens is 172 g/mol. The SMILES string of the molecule is CCCCCC(C)C(=O)C(C)C.[H-].[H-].[Mg+2]. The van der Waals surface area contributed by atoms with Gasteiger partial charge in [0.05, 0.1) is 0 Å². The Kier molecular flexibility index (Phi) is 11.0. The molecule has 0 aliphatic heterocycles. The van der Waals surface area contributed by atoms with Gasteiger partial charge in [0.15, 0.2) is 0 Å². The van der Waals surface area contributed by atoms with Gasteiger partial charge in [-0.2, -0.15) is 0 Å². The summed E-state index contributed by atoms with van der Waals surface area (Å²) in [4.78, 5) is 11.4. The Morgan fingerprint density at radius 2 is 1.77 bits per heavy atom. The molecule has 0 amide bonds. The van der Waals surface area contributed by atoms with Crippen LogP contribution in [0.2, 0.25) is 0 Å². The number of ketones is 1. The smallest absolute Gasteiger partial charge is 1.00 e. The van der Waals surface area contributed by atoms with E-state index in [2.05, 4.69) is 13.8 Å².